The molecular formula is C7H9Cl5N4. The normalized spacial score (nSPS) is 13.1. The number of hydrogen-bond acceptors (Lipinski definition) is 3. The van der Waals surface area contributed by atoms with Crippen molar-refractivity contribution in [3.8, 4) is 0 Å². The third-order valence-electron chi connectivity index (χ3n) is 1.80. The maximum atomic E-state index is 5.88. The summed E-state index contributed by atoms with van der Waals surface area (Å²) >= 11 is 28.6. The highest BCUT2D eigenvalue weighted by Gasteiger charge is 2.51. The Morgan fingerprint density at radius 3 is 2.31 bits per heavy atom. The van der Waals surface area contributed by atoms with Gasteiger partial charge in [-0.1, -0.05) is 71.3 Å². The lowest BCUT2D eigenvalue weighted by Gasteiger charge is -2.23. The molecule has 0 fully saturated rings. The van der Waals surface area contributed by atoms with Crippen molar-refractivity contribution in [2.75, 3.05) is 0 Å². The van der Waals surface area contributed by atoms with E-state index in [1.807, 2.05) is 6.92 Å². The zero-order valence-corrected chi connectivity index (χ0v) is 12.1. The van der Waals surface area contributed by atoms with E-state index in [1.54, 1.807) is 0 Å². The molecule has 1 heterocycles. The van der Waals surface area contributed by atoms with E-state index in [0.717, 1.165) is 12.8 Å². The molecule has 1 aromatic rings. The molecule has 1 rings (SSSR count). The predicted molar refractivity (Wildman–Crippen MR) is 66.4 cm³/mol. The maximum Gasteiger partial charge on any atom is 0.230 e. The number of alkyl halides is 5. The van der Waals surface area contributed by atoms with Gasteiger partial charge >= 0.3 is 0 Å². The molecule has 0 aromatic carbocycles. The van der Waals surface area contributed by atoms with Crippen LogP contribution in [0.25, 0.3) is 0 Å². The van der Waals surface area contributed by atoms with Crippen LogP contribution in [0.15, 0.2) is 0 Å². The quantitative estimate of drug-likeness (QED) is 0.796. The fourth-order valence-electron chi connectivity index (χ4n) is 0.890. The first kappa shape index (κ1) is 14.6. The molecule has 16 heavy (non-hydrogen) atoms. The van der Waals surface area contributed by atoms with Crippen LogP contribution in [-0.4, -0.2) is 24.0 Å². The molecule has 0 amide bonds. The summed E-state index contributed by atoms with van der Waals surface area (Å²) in [6.07, 6.45) is 1.93. The summed E-state index contributed by atoms with van der Waals surface area (Å²) in [5, 5.41) is 11.4. The minimum atomic E-state index is -1.92. The molecule has 0 aliphatic heterocycles. The van der Waals surface area contributed by atoms with Gasteiger partial charge in [0, 0.05) is 0 Å². The topological polar surface area (TPSA) is 43.6 Å². The second-order valence-corrected chi connectivity index (χ2v) is 6.74. The number of aryl methyl sites for hydroxylation is 1. The van der Waals surface area contributed by atoms with Crippen molar-refractivity contribution in [1.29, 1.82) is 0 Å². The molecule has 0 saturated carbocycles. The lowest BCUT2D eigenvalue weighted by Crippen LogP contribution is -2.29. The molecule has 0 spiro atoms. The Labute approximate surface area is 118 Å². The Morgan fingerprint density at radius 2 is 1.81 bits per heavy atom. The summed E-state index contributed by atoms with van der Waals surface area (Å²) in [5.41, 5.74) is 0. The van der Waals surface area contributed by atoms with Crippen LogP contribution in [0.2, 0.25) is 0 Å². The lowest BCUT2D eigenvalue weighted by atomic mass is 10.3. The van der Waals surface area contributed by atoms with Crippen molar-refractivity contribution in [3.63, 3.8) is 0 Å². The van der Waals surface area contributed by atoms with E-state index < -0.39 is 8.13 Å². The molecule has 0 N–H and O–H groups in total. The first-order valence-corrected chi connectivity index (χ1v) is 6.41. The molecule has 9 heteroatoms. The lowest BCUT2D eigenvalue weighted by molar-refractivity contribution is 0.493. The van der Waals surface area contributed by atoms with Crippen LogP contribution in [0.1, 0.15) is 25.6 Å². The van der Waals surface area contributed by atoms with Gasteiger partial charge in [-0.05, 0) is 11.6 Å². The molecular weight excluding hydrogens is 317 g/mol. The molecule has 92 valence electrons. The van der Waals surface area contributed by atoms with Gasteiger partial charge in [-0.15, -0.1) is 10.2 Å². The van der Waals surface area contributed by atoms with Gasteiger partial charge in [-0.2, -0.15) is 4.80 Å². The van der Waals surface area contributed by atoms with Gasteiger partial charge in [0.2, 0.25) is 14.0 Å². The third-order valence-corrected chi connectivity index (χ3v) is 4.14. The highest BCUT2D eigenvalue weighted by molar-refractivity contribution is 6.75. The number of rotatable bonds is 4. The standard InChI is InChI=1S/C7H9Cl5N4/c1-2-3-4-16-14-5(13-15-16)6(8,9)7(10,11)12/h2-4H2,1H3. The van der Waals surface area contributed by atoms with E-state index in [1.165, 1.54) is 4.80 Å². The van der Waals surface area contributed by atoms with E-state index in [-0.39, 0.29) is 5.82 Å². The zero-order valence-electron chi connectivity index (χ0n) is 8.30. The minimum Gasteiger partial charge on any atom is -0.164 e. The van der Waals surface area contributed by atoms with E-state index in [4.69, 9.17) is 58.0 Å². The maximum absolute atomic E-state index is 5.88. The molecule has 1 aromatic heterocycles. The number of halogens is 5. The van der Waals surface area contributed by atoms with Crippen LogP contribution < -0.4 is 0 Å². The first-order valence-electron chi connectivity index (χ1n) is 4.52. The van der Waals surface area contributed by atoms with Crippen LogP contribution in [0.5, 0.6) is 0 Å². The molecule has 0 atom stereocenters. The number of hydrogen-bond donors (Lipinski definition) is 0. The SMILES string of the molecule is CCCCn1nnc(C(Cl)(Cl)C(Cl)(Cl)Cl)n1. The van der Waals surface area contributed by atoms with E-state index in [2.05, 4.69) is 15.4 Å². The number of unbranched alkanes of at least 4 members (excludes halogenated alkanes) is 1. The summed E-state index contributed by atoms with van der Waals surface area (Å²) in [6, 6.07) is 0. The highest BCUT2D eigenvalue weighted by atomic mass is 35.6. The Bertz CT molecular complexity index is 345. The fraction of sp³-hybridized carbons (Fsp3) is 0.857. The smallest absolute Gasteiger partial charge is 0.164 e. The minimum absolute atomic E-state index is 0.0214. The van der Waals surface area contributed by atoms with E-state index >= 15 is 0 Å². The van der Waals surface area contributed by atoms with Crippen LogP contribution >= 0.6 is 58.0 Å². The monoisotopic (exact) mass is 324 g/mol. The molecule has 4 nitrogen and oxygen atoms in total. The van der Waals surface area contributed by atoms with Crippen molar-refractivity contribution in [3.05, 3.63) is 5.82 Å². The van der Waals surface area contributed by atoms with Crippen LogP contribution in [-0.2, 0) is 10.9 Å². The molecule has 0 unspecified atom stereocenters. The fourth-order valence-corrected chi connectivity index (χ4v) is 1.29. The Kier molecular flexibility index (Phi) is 4.96. The van der Waals surface area contributed by atoms with Gasteiger partial charge < -0.3 is 0 Å². The summed E-state index contributed by atoms with van der Waals surface area (Å²) in [5.74, 6) is -0.0214. The van der Waals surface area contributed by atoms with Gasteiger partial charge in [0.1, 0.15) is 0 Å². The van der Waals surface area contributed by atoms with Crippen LogP contribution in [0.4, 0.5) is 0 Å². The van der Waals surface area contributed by atoms with Gasteiger partial charge in [-0.3, -0.25) is 0 Å². The Morgan fingerprint density at radius 1 is 1.19 bits per heavy atom. The summed E-state index contributed by atoms with van der Waals surface area (Å²) in [7, 11) is 0. The van der Waals surface area contributed by atoms with Crippen LogP contribution in [0, 0.1) is 0 Å². The Hall–Kier alpha value is 0.520. The van der Waals surface area contributed by atoms with Gasteiger partial charge in [0.05, 0.1) is 6.54 Å². The van der Waals surface area contributed by atoms with Crippen molar-refractivity contribution in [2.24, 2.45) is 0 Å². The average molecular weight is 326 g/mol. The second-order valence-electron chi connectivity index (χ2n) is 3.13. The molecule has 0 bridgehead atoms. The predicted octanol–water partition coefficient (Wildman–Crippen LogP) is 3.47. The average Bonchev–Trinajstić information content (AvgIpc) is 2.61. The molecule has 0 aliphatic carbocycles. The molecule has 0 radical (unpaired) electrons. The van der Waals surface area contributed by atoms with Gasteiger partial charge in [0.25, 0.3) is 0 Å². The largest absolute Gasteiger partial charge is 0.230 e. The number of tetrazole rings is 1. The summed E-state index contributed by atoms with van der Waals surface area (Å²) < 4.78 is -3.74. The number of nitrogens with zero attached hydrogens (tertiary/aromatic N) is 4. The zero-order chi connectivity index (χ0) is 12.4. The first-order chi connectivity index (χ1) is 7.29. The molecule has 0 aliphatic rings. The third kappa shape index (κ3) is 3.26. The summed E-state index contributed by atoms with van der Waals surface area (Å²) in [6.45, 7) is 2.67. The van der Waals surface area contributed by atoms with E-state index in [0.29, 0.717) is 6.54 Å². The molecule has 0 saturated heterocycles. The second kappa shape index (κ2) is 5.44. The van der Waals surface area contributed by atoms with Crippen molar-refractivity contribution >= 4 is 58.0 Å². The van der Waals surface area contributed by atoms with Crippen LogP contribution in [0.3, 0.4) is 0 Å². The summed E-state index contributed by atoms with van der Waals surface area (Å²) in [4.78, 5) is 1.37. The van der Waals surface area contributed by atoms with Crippen molar-refractivity contribution in [1.82, 2.24) is 20.2 Å². The van der Waals surface area contributed by atoms with E-state index in [9.17, 15) is 0 Å². The van der Waals surface area contributed by atoms with Gasteiger partial charge in [0.15, 0.2) is 0 Å². The van der Waals surface area contributed by atoms with Crippen molar-refractivity contribution in [2.45, 2.75) is 34.4 Å². The highest BCUT2D eigenvalue weighted by Crippen LogP contribution is 2.51. The number of aromatic nitrogens is 4. The van der Waals surface area contributed by atoms with Crippen molar-refractivity contribution < 1.29 is 0 Å². The van der Waals surface area contributed by atoms with Gasteiger partial charge in [-0.25, -0.2) is 0 Å². The Balaban J connectivity index is 2.85.